The van der Waals surface area contributed by atoms with Crippen LogP contribution in [0.25, 0.3) is 0 Å². The Morgan fingerprint density at radius 2 is 0.800 bits per heavy atom. The summed E-state index contributed by atoms with van der Waals surface area (Å²) in [6.45, 7) is 33.5. The van der Waals surface area contributed by atoms with Crippen LogP contribution in [-0.2, 0) is 13.1 Å². The average Bonchev–Trinajstić information content (AvgIpc) is 3.64. The third-order valence-corrected chi connectivity index (χ3v) is 24.3. The van der Waals surface area contributed by atoms with Crippen LogP contribution in [0.15, 0.2) is 36.7 Å². The fourth-order valence-electron chi connectivity index (χ4n) is 10.9. The van der Waals surface area contributed by atoms with Crippen LogP contribution in [0.3, 0.4) is 0 Å². The van der Waals surface area contributed by atoms with Gasteiger partial charge in [0.05, 0.1) is 27.5 Å². The van der Waals surface area contributed by atoms with E-state index in [2.05, 4.69) is 130 Å². The van der Waals surface area contributed by atoms with E-state index in [1.807, 2.05) is 0 Å². The van der Waals surface area contributed by atoms with Crippen molar-refractivity contribution in [2.24, 2.45) is 35.5 Å². The molecule has 4 nitrogen and oxygen atoms in total. The van der Waals surface area contributed by atoms with Crippen LogP contribution in [-0.4, -0.2) is 61.1 Å². The van der Waals surface area contributed by atoms with Crippen molar-refractivity contribution in [1.82, 2.24) is 19.8 Å². The molecule has 6 heteroatoms. The van der Waals surface area contributed by atoms with Crippen molar-refractivity contribution in [2.75, 3.05) is 13.1 Å². The molecule has 2 aromatic rings. The van der Waals surface area contributed by atoms with Gasteiger partial charge in [0.15, 0.2) is 0 Å². The van der Waals surface area contributed by atoms with Crippen molar-refractivity contribution in [3.8, 4) is 0 Å². The predicted octanol–water partition coefficient (Wildman–Crippen LogP) is 10.4. The zero-order chi connectivity index (χ0) is 36.6. The molecule has 50 heavy (non-hydrogen) atoms. The van der Waals surface area contributed by atoms with Crippen LogP contribution < -0.4 is 10.4 Å². The summed E-state index contributed by atoms with van der Waals surface area (Å²) >= 11 is 0. The van der Waals surface area contributed by atoms with E-state index in [0.29, 0.717) is 12.1 Å². The Morgan fingerprint density at radius 3 is 1.04 bits per heavy atom. The summed E-state index contributed by atoms with van der Waals surface area (Å²) in [5.74, 6) is 4.43. The minimum atomic E-state index is -1.63. The van der Waals surface area contributed by atoms with Gasteiger partial charge in [-0.15, -0.1) is 0 Å². The largest absolute Gasteiger partial charge is 0.293 e. The molecular formula is C44H78N4Si2. The highest BCUT2D eigenvalue weighted by Crippen LogP contribution is 2.35. The molecule has 0 radical (unpaired) electrons. The molecule has 2 aliphatic heterocycles. The molecule has 0 saturated carbocycles. The van der Waals surface area contributed by atoms with E-state index in [-0.39, 0.29) is 0 Å². The molecule has 0 N–H and O–H groups in total. The lowest BCUT2D eigenvalue weighted by Crippen LogP contribution is -2.51. The monoisotopic (exact) mass is 719 g/mol. The second-order valence-corrected chi connectivity index (χ2v) is 28.3. The van der Waals surface area contributed by atoms with Gasteiger partial charge in [0.1, 0.15) is 0 Å². The van der Waals surface area contributed by atoms with Crippen molar-refractivity contribution in [2.45, 2.75) is 170 Å². The molecule has 0 aromatic carbocycles. The molecule has 2 fully saturated rings. The zero-order valence-electron chi connectivity index (χ0n) is 34.8. The standard InChI is InChI=1S/C44H78N4Si2/c1-33(2)27-49(28-34(3)4,29-35(5)6)41-19-17-39(45-23-41)25-47-21-13-15-43(47)44-16-14-22-48(44)26-40-18-20-42(24-46-40)50(30-36(7)8,31-37(9)10)32-38(11)12/h17-20,23-24,33-38,43-44H,13-16,21-22,25-32H2,1-12H3/t43-,44-/m0/s1. The Kier molecular flexibility index (Phi) is 15.4. The van der Waals surface area contributed by atoms with Gasteiger partial charge in [-0.1, -0.05) is 131 Å². The second kappa shape index (κ2) is 18.6. The van der Waals surface area contributed by atoms with E-state index in [4.69, 9.17) is 9.97 Å². The smallest absolute Gasteiger partial charge is 0.0894 e. The summed E-state index contributed by atoms with van der Waals surface area (Å²) in [6.07, 6.45) is 9.90. The summed E-state index contributed by atoms with van der Waals surface area (Å²) in [7, 11) is -3.26. The summed E-state index contributed by atoms with van der Waals surface area (Å²) in [6, 6.07) is 19.4. The Morgan fingerprint density at radius 1 is 0.500 bits per heavy atom. The normalized spacial score (nSPS) is 19.9. The summed E-state index contributed by atoms with van der Waals surface area (Å²) in [4.78, 5) is 16.0. The van der Waals surface area contributed by atoms with Crippen LogP contribution in [0, 0.1) is 35.5 Å². The minimum Gasteiger partial charge on any atom is -0.293 e. The van der Waals surface area contributed by atoms with Gasteiger partial charge >= 0.3 is 0 Å². The van der Waals surface area contributed by atoms with Crippen molar-refractivity contribution in [3.05, 3.63) is 48.0 Å². The number of pyridine rings is 2. The van der Waals surface area contributed by atoms with Crippen molar-refractivity contribution in [1.29, 1.82) is 0 Å². The number of aromatic nitrogens is 2. The van der Waals surface area contributed by atoms with Crippen molar-refractivity contribution >= 4 is 26.5 Å². The first-order valence-corrected chi connectivity index (χ1v) is 26.2. The van der Waals surface area contributed by atoms with E-state index < -0.39 is 16.1 Å². The number of hydrogen-bond acceptors (Lipinski definition) is 4. The molecule has 0 spiro atoms. The van der Waals surface area contributed by atoms with Crippen molar-refractivity contribution in [3.63, 3.8) is 0 Å². The highest BCUT2D eigenvalue weighted by molar-refractivity contribution is 6.92. The molecule has 4 rings (SSSR count). The average molecular weight is 719 g/mol. The Hall–Kier alpha value is -1.35. The molecule has 2 aromatic heterocycles. The lowest BCUT2D eigenvalue weighted by atomic mass is 10.0. The first-order valence-electron chi connectivity index (χ1n) is 21.0. The highest BCUT2D eigenvalue weighted by Gasteiger charge is 2.40. The first-order chi connectivity index (χ1) is 23.6. The summed E-state index contributed by atoms with van der Waals surface area (Å²) in [5.41, 5.74) is 2.53. The van der Waals surface area contributed by atoms with E-state index in [1.54, 1.807) is 10.4 Å². The maximum Gasteiger partial charge on any atom is 0.0894 e. The second-order valence-electron chi connectivity index (χ2n) is 19.6. The number of rotatable bonds is 19. The highest BCUT2D eigenvalue weighted by atomic mass is 28.3. The number of nitrogens with zero attached hydrogens (tertiary/aromatic N) is 4. The molecule has 2 saturated heterocycles. The number of likely N-dealkylation sites (tertiary alicyclic amines) is 2. The first kappa shape index (κ1) is 41.4. The Labute approximate surface area is 312 Å². The number of hydrogen-bond donors (Lipinski definition) is 0. The van der Waals surface area contributed by atoms with Gasteiger partial charge < -0.3 is 0 Å². The Bertz CT molecular complexity index is 1120. The van der Waals surface area contributed by atoms with E-state index in [0.717, 1.165) is 48.6 Å². The molecule has 2 aliphatic rings. The molecule has 0 bridgehead atoms. The van der Waals surface area contributed by atoms with Gasteiger partial charge in [0.25, 0.3) is 0 Å². The lowest BCUT2D eigenvalue weighted by molar-refractivity contribution is 0.122. The van der Waals surface area contributed by atoms with Gasteiger partial charge in [0, 0.05) is 37.6 Å². The minimum absolute atomic E-state index is 0.623. The summed E-state index contributed by atoms with van der Waals surface area (Å²) < 4.78 is 0. The maximum absolute atomic E-state index is 5.23. The maximum atomic E-state index is 5.23. The van der Waals surface area contributed by atoms with Gasteiger partial charge in [0.2, 0.25) is 0 Å². The topological polar surface area (TPSA) is 32.3 Å². The van der Waals surface area contributed by atoms with Crippen LogP contribution in [0.2, 0.25) is 36.3 Å². The fraction of sp³-hybridized carbons (Fsp3) is 0.773. The predicted molar refractivity (Wildman–Crippen MR) is 224 cm³/mol. The third kappa shape index (κ3) is 11.3. The van der Waals surface area contributed by atoms with E-state index >= 15 is 0 Å². The van der Waals surface area contributed by atoms with Crippen LogP contribution in [0.1, 0.15) is 120 Å². The van der Waals surface area contributed by atoms with Gasteiger partial charge in [-0.25, -0.2) is 0 Å². The molecule has 0 amide bonds. The SMILES string of the molecule is CC(C)C[Si](CC(C)C)(CC(C)C)c1ccc(CN2CCC[C@H]2[C@@H]2CCCN2Cc2ccc([Si](CC(C)C)(CC(C)C)CC(C)C)cn2)nc1. The molecule has 4 heterocycles. The van der Waals surface area contributed by atoms with Gasteiger partial charge in [-0.05, 0) is 96.8 Å². The van der Waals surface area contributed by atoms with Crippen molar-refractivity contribution < 1.29 is 0 Å². The Balaban J connectivity index is 1.47. The molecule has 0 unspecified atom stereocenters. The molecule has 282 valence electrons. The molecule has 2 atom stereocenters. The van der Waals surface area contributed by atoms with Gasteiger partial charge in [-0.3, -0.25) is 19.8 Å². The summed E-state index contributed by atoms with van der Waals surface area (Å²) in [5, 5.41) is 3.21. The van der Waals surface area contributed by atoms with Crippen LogP contribution in [0.5, 0.6) is 0 Å². The van der Waals surface area contributed by atoms with E-state index in [9.17, 15) is 0 Å². The zero-order valence-corrected chi connectivity index (χ0v) is 36.8. The third-order valence-electron chi connectivity index (χ3n) is 11.7. The van der Waals surface area contributed by atoms with Crippen LogP contribution >= 0.6 is 0 Å². The fourth-order valence-corrected chi connectivity index (χ4v) is 24.3. The quantitative estimate of drug-likeness (QED) is 0.135. The lowest BCUT2D eigenvalue weighted by Gasteiger charge is -2.37. The van der Waals surface area contributed by atoms with Crippen LogP contribution in [0.4, 0.5) is 0 Å². The van der Waals surface area contributed by atoms with Gasteiger partial charge in [-0.2, -0.15) is 0 Å². The van der Waals surface area contributed by atoms with E-state index in [1.165, 1.54) is 86.4 Å². The molecule has 0 aliphatic carbocycles. The molecular weight excluding hydrogens is 641 g/mol.